The van der Waals surface area contributed by atoms with Crippen LogP contribution in [0.2, 0.25) is 0 Å². The number of hydrogen-bond acceptors (Lipinski definition) is 0. The standard InChI is InChI=1S/C16H14ClN/c17-11-15-4-2-1-3-13(15)9-12-5-6-16-14(10-12)7-8-18-16/h1-8,10,18H,9,11H2. The third-order valence-corrected chi connectivity index (χ3v) is 3.56. The molecule has 0 fully saturated rings. The van der Waals surface area contributed by atoms with E-state index >= 15 is 0 Å². The Hall–Kier alpha value is -1.73. The van der Waals surface area contributed by atoms with Gasteiger partial charge in [0, 0.05) is 17.6 Å². The molecular formula is C16H14ClN. The molecular weight excluding hydrogens is 242 g/mol. The van der Waals surface area contributed by atoms with Crippen LogP contribution in [0.1, 0.15) is 16.7 Å². The lowest BCUT2D eigenvalue weighted by molar-refractivity contribution is 1.15. The second-order valence-corrected chi connectivity index (χ2v) is 4.75. The summed E-state index contributed by atoms with van der Waals surface area (Å²) in [7, 11) is 0. The minimum atomic E-state index is 0.572. The predicted octanol–water partition coefficient (Wildman–Crippen LogP) is 4.50. The van der Waals surface area contributed by atoms with Crippen LogP contribution < -0.4 is 0 Å². The van der Waals surface area contributed by atoms with Crippen molar-refractivity contribution in [2.75, 3.05) is 0 Å². The zero-order valence-corrected chi connectivity index (χ0v) is 10.7. The van der Waals surface area contributed by atoms with Crippen molar-refractivity contribution in [3.8, 4) is 0 Å². The maximum atomic E-state index is 5.97. The summed E-state index contributed by atoms with van der Waals surface area (Å²) in [5.41, 5.74) is 5.03. The van der Waals surface area contributed by atoms with Gasteiger partial charge in [-0.15, -0.1) is 11.6 Å². The smallest absolute Gasteiger partial charge is 0.0476 e. The molecule has 0 bridgehead atoms. The molecule has 0 aliphatic carbocycles. The van der Waals surface area contributed by atoms with Crippen LogP contribution in [0.15, 0.2) is 54.7 Å². The van der Waals surface area contributed by atoms with Gasteiger partial charge in [-0.25, -0.2) is 0 Å². The monoisotopic (exact) mass is 255 g/mol. The number of aromatic nitrogens is 1. The first-order chi connectivity index (χ1) is 8.86. The summed E-state index contributed by atoms with van der Waals surface area (Å²) in [6.07, 6.45) is 2.91. The minimum absolute atomic E-state index is 0.572. The molecule has 0 saturated heterocycles. The Kier molecular flexibility index (Phi) is 3.07. The van der Waals surface area contributed by atoms with Gasteiger partial charge in [0.15, 0.2) is 0 Å². The van der Waals surface area contributed by atoms with Crippen molar-refractivity contribution in [1.29, 1.82) is 0 Å². The van der Waals surface area contributed by atoms with E-state index in [9.17, 15) is 0 Å². The Bertz CT molecular complexity index is 669. The Morgan fingerprint density at radius 1 is 0.944 bits per heavy atom. The summed E-state index contributed by atoms with van der Waals surface area (Å²) in [6, 6.07) is 17.0. The molecule has 0 aliphatic heterocycles. The lowest BCUT2D eigenvalue weighted by Gasteiger charge is -2.07. The molecule has 90 valence electrons. The zero-order chi connectivity index (χ0) is 12.4. The number of halogens is 1. The van der Waals surface area contributed by atoms with Crippen LogP contribution in [0.5, 0.6) is 0 Å². The number of hydrogen-bond donors (Lipinski definition) is 1. The summed E-state index contributed by atoms with van der Waals surface area (Å²) in [6.45, 7) is 0. The van der Waals surface area contributed by atoms with Gasteiger partial charge >= 0.3 is 0 Å². The second-order valence-electron chi connectivity index (χ2n) is 4.48. The van der Waals surface area contributed by atoms with Crippen molar-refractivity contribution >= 4 is 22.5 Å². The summed E-state index contributed by atoms with van der Waals surface area (Å²) in [5, 5.41) is 1.26. The van der Waals surface area contributed by atoms with Crippen molar-refractivity contribution in [3.63, 3.8) is 0 Å². The molecule has 2 aromatic carbocycles. The van der Waals surface area contributed by atoms with Gasteiger partial charge < -0.3 is 4.98 Å². The van der Waals surface area contributed by atoms with Crippen molar-refractivity contribution in [1.82, 2.24) is 4.98 Å². The van der Waals surface area contributed by atoms with Crippen molar-refractivity contribution < 1.29 is 0 Å². The van der Waals surface area contributed by atoms with E-state index in [-0.39, 0.29) is 0 Å². The average molecular weight is 256 g/mol. The van der Waals surface area contributed by atoms with Crippen LogP contribution in [-0.4, -0.2) is 4.98 Å². The van der Waals surface area contributed by atoms with Gasteiger partial charge in [-0.3, -0.25) is 0 Å². The molecule has 0 amide bonds. The van der Waals surface area contributed by atoms with Crippen LogP contribution in [0.3, 0.4) is 0 Å². The van der Waals surface area contributed by atoms with Crippen molar-refractivity contribution in [3.05, 3.63) is 71.4 Å². The molecule has 0 radical (unpaired) electrons. The molecule has 2 heteroatoms. The number of fused-ring (bicyclic) bond motifs is 1. The van der Waals surface area contributed by atoms with Crippen molar-refractivity contribution in [2.45, 2.75) is 12.3 Å². The van der Waals surface area contributed by atoms with E-state index in [1.165, 1.54) is 27.6 Å². The number of H-pyrrole nitrogens is 1. The van der Waals surface area contributed by atoms with Crippen LogP contribution in [-0.2, 0) is 12.3 Å². The second kappa shape index (κ2) is 4.87. The Morgan fingerprint density at radius 3 is 2.61 bits per heavy atom. The molecule has 0 saturated carbocycles. The van der Waals surface area contributed by atoms with Gasteiger partial charge in [-0.2, -0.15) is 0 Å². The fourth-order valence-corrected chi connectivity index (χ4v) is 2.55. The highest BCUT2D eigenvalue weighted by Crippen LogP contribution is 2.19. The maximum Gasteiger partial charge on any atom is 0.0476 e. The number of rotatable bonds is 3. The lowest BCUT2D eigenvalue weighted by atomic mass is 10.00. The van der Waals surface area contributed by atoms with E-state index < -0.39 is 0 Å². The summed E-state index contributed by atoms with van der Waals surface area (Å²) in [5.74, 6) is 0.572. The van der Waals surface area contributed by atoms with E-state index in [1.807, 2.05) is 12.3 Å². The molecule has 0 aliphatic rings. The third kappa shape index (κ3) is 2.14. The first-order valence-corrected chi connectivity index (χ1v) is 6.59. The SMILES string of the molecule is ClCc1ccccc1Cc1ccc2[nH]ccc2c1. The molecule has 3 rings (SSSR count). The van der Waals surface area contributed by atoms with E-state index in [2.05, 4.69) is 47.4 Å². The molecule has 0 spiro atoms. The highest BCUT2D eigenvalue weighted by Gasteiger charge is 2.03. The van der Waals surface area contributed by atoms with Gasteiger partial charge in [-0.1, -0.05) is 30.3 Å². The van der Waals surface area contributed by atoms with Gasteiger partial charge in [-0.05, 0) is 46.7 Å². The topological polar surface area (TPSA) is 15.8 Å². The fraction of sp³-hybridized carbons (Fsp3) is 0.125. The van der Waals surface area contributed by atoms with Gasteiger partial charge in [0.1, 0.15) is 0 Å². The quantitative estimate of drug-likeness (QED) is 0.664. The van der Waals surface area contributed by atoms with Gasteiger partial charge in [0.25, 0.3) is 0 Å². The average Bonchev–Trinajstić information content (AvgIpc) is 2.87. The number of aromatic amines is 1. The number of benzene rings is 2. The van der Waals surface area contributed by atoms with Crippen LogP contribution in [0.4, 0.5) is 0 Å². The highest BCUT2D eigenvalue weighted by atomic mass is 35.5. The van der Waals surface area contributed by atoms with E-state index in [1.54, 1.807) is 0 Å². The van der Waals surface area contributed by atoms with Crippen LogP contribution in [0.25, 0.3) is 10.9 Å². The summed E-state index contributed by atoms with van der Waals surface area (Å²) >= 11 is 5.97. The van der Waals surface area contributed by atoms with E-state index in [0.29, 0.717) is 5.88 Å². The summed E-state index contributed by atoms with van der Waals surface area (Å²) in [4.78, 5) is 3.21. The van der Waals surface area contributed by atoms with Gasteiger partial charge in [0.2, 0.25) is 0 Å². The Balaban J connectivity index is 1.95. The lowest BCUT2D eigenvalue weighted by Crippen LogP contribution is -1.93. The first-order valence-electron chi connectivity index (χ1n) is 6.05. The Labute approximate surface area is 111 Å². The molecule has 0 unspecified atom stereocenters. The summed E-state index contributed by atoms with van der Waals surface area (Å²) < 4.78 is 0. The van der Waals surface area contributed by atoms with Gasteiger partial charge in [0.05, 0.1) is 0 Å². The normalized spacial score (nSPS) is 10.9. The molecule has 0 atom stereocenters. The predicted molar refractivity (Wildman–Crippen MR) is 77.1 cm³/mol. The minimum Gasteiger partial charge on any atom is -0.361 e. The molecule has 18 heavy (non-hydrogen) atoms. The van der Waals surface area contributed by atoms with Crippen LogP contribution >= 0.6 is 11.6 Å². The molecule has 1 aromatic heterocycles. The zero-order valence-electron chi connectivity index (χ0n) is 9.99. The number of nitrogens with one attached hydrogen (secondary N) is 1. The first kappa shape index (κ1) is 11.4. The van der Waals surface area contributed by atoms with Crippen molar-refractivity contribution in [2.24, 2.45) is 0 Å². The maximum absolute atomic E-state index is 5.97. The van der Waals surface area contributed by atoms with Crippen LogP contribution in [0, 0.1) is 0 Å². The van der Waals surface area contributed by atoms with E-state index in [4.69, 9.17) is 11.6 Å². The fourth-order valence-electron chi connectivity index (χ4n) is 2.29. The third-order valence-electron chi connectivity index (χ3n) is 3.27. The molecule has 1 heterocycles. The molecule has 3 aromatic rings. The molecule has 1 nitrogen and oxygen atoms in total. The number of alkyl halides is 1. The Morgan fingerprint density at radius 2 is 1.78 bits per heavy atom. The molecule has 1 N–H and O–H groups in total. The largest absolute Gasteiger partial charge is 0.361 e. The van der Waals surface area contributed by atoms with E-state index in [0.717, 1.165) is 6.42 Å². The highest BCUT2D eigenvalue weighted by molar-refractivity contribution is 6.17.